The van der Waals surface area contributed by atoms with Crippen molar-refractivity contribution in [2.45, 2.75) is 19.4 Å². The fourth-order valence-electron chi connectivity index (χ4n) is 2.61. The van der Waals surface area contributed by atoms with Gasteiger partial charge in [-0.05, 0) is 48.2 Å². The quantitative estimate of drug-likeness (QED) is 0.534. The van der Waals surface area contributed by atoms with Gasteiger partial charge in [0.1, 0.15) is 23.8 Å². The minimum Gasteiger partial charge on any atom is -0.497 e. The molecule has 3 aromatic rings. The Hall–Kier alpha value is -2.57. The van der Waals surface area contributed by atoms with E-state index in [1.54, 1.807) is 7.11 Å². The summed E-state index contributed by atoms with van der Waals surface area (Å²) in [6.07, 6.45) is 3.56. The standard InChI is InChI=1S/C18H21N3O3/c1-22-15-6-3-13(4-7-15)5-8-16-18(19)21-10-9-14(12-24-23-2)11-17(21)20-16/h3-4,6-7,9-11H,5,8,12,19H2,1-2H3. The smallest absolute Gasteiger partial charge is 0.139 e. The number of rotatable bonds is 7. The van der Waals surface area contributed by atoms with Crippen molar-refractivity contribution in [3.05, 3.63) is 59.4 Å². The van der Waals surface area contributed by atoms with Gasteiger partial charge < -0.3 is 10.5 Å². The Labute approximate surface area is 140 Å². The Balaban J connectivity index is 1.74. The predicted molar refractivity (Wildman–Crippen MR) is 91.8 cm³/mol. The summed E-state index contributed by atoms with van der Waals surface area (Å²) in [7, 11) is 3.15. The number of pyridine rings is 1. The van der Waals surface area contributed by atoms with E-state index < -0.39 is 0 Å². The van der Waals surface area contributed by atoms with Crippen LogP contribution in [0.3, 0.4) is 0 Å². The minimum absolute atomic E-state index is 0.376. The molecular formula is C18H21N3O3. The van der Waals surface area contributed by atoms with E-state index >= 15 is 0 Å². The number of fused-ring (bicyclic) bond motifs is 1. The Morgan fingerprint density at radius 1 is 1.04 bits per heavy atom. The number of nitrogens with two attached hydrogens (primary N) is 1. The van der Waals surface area contributed by atoms with E-state index in [1.807, 2.05) is 34.9 Å². The fraction of sp³-hybridized carbons (Fsp3) is 0.278. The first kappa shape index (κ1) is 16.3. The highest BCUT2D eigenvalue weighted by Gasteiger charge is 2.10. The molecule has 6 heteroatoms. The van der Waals surface area contributed by atoms with E-state index in [4.69, 9.17) is 15.4 Å². The molecule has 0 aliphatic heterocycles. The second-order valence-electron chi connectivity index (χ2n) is 5.48. The molecule has 2 heterocycles. The van der Waals surface area contributed by atoms with Gasteiger partial charge in [-0.15, -0.1) is 0 Å². The third-order valence-corrected chi connectivity index (χ3v) is 3.96. The molecule has 2 aromatic heterocycles. The van der Waals surface area contributed by atoms with Crippen molar-refractivity contribution >= 4 is 11.5 Å². The first-order valence-electron chi connectivity index (χ1n) is 7.75. The first-order valence-corrected chi connectivity index (χ1v) is 7.75. The molecule has 2 N–H and O–H groups in total. The van der Waals surface area contributed by atoms with E-state index in [2.05, 4.69) is 22.0 Å². The van der Waals surface area contributed by atoms with Crippen molar-refractivity contribution in [2.75, 3.05) is 20.0 Å². The molecule has 126 valence electrons. The van der Waals surface area contributed by atoms with Crippen molar-refractivity contribution in [3.63, 3.8) is 0 Å². The van der Waals surface area contributed by atoms with E-state index in [-0.39, 0.29) is 0 Å². The lowest BCUT2D eigenvalue weighted by atomic mass is 10.1. The Bertz CT molecular complexity index is 812. The molecule has 0 aliphatic rings. The van der Waals surface area contributed by atoms with Crippen molar-refractivity contribution in [2.24, 2.45) is 0 Å². The minimum atomic E-state index is 0.376. The van der Waals surface area contributed by atoms with Crippen molar-refractivity contribution in [1.82, 2.24) is 9.38 Å². The molecule has 0 amide bonds. The zero-order chi connectivity index (χ0) is 16.9. The number of ether oxygens (including phenoxy) is 1. The van der Waals surface area contributed by atoms with Crippen molar-refractivity contribution in [1.29, 1.82) is 0 Å². The number of aryl methyl sites for hydroxylation is 2. The summed E-state index contributed by atoms with van der Waals surface area (Å²) in [5.74, 6) is 1.54. The van der Waals surface area contributed by atoms with Crippen LogP contribution in [0.15, 0.2) is 42.6 Å². The van der Waals surface area contributed by atoms with Crippen LogP contribution in [0.5, 0.6) is 5.75 Å². The van der Waals surface area contributed by atoms with Crippen LogP contribution in [-0.2, 0) is 29.2 Å². The van der Waals surface area contributed by atoms with E-state index in [0.717, 1.165) is 35.5 Å². The fourth-order valence-corrected chi connectivity index (χ4v) is 2.61. The molecule has 0 radical (unpaired) electrons. The number of benzene rings is 1. The van der Waals surface area contributed by atoms with Crippen LogP contribution in [0.4, 0.5) is 5.82 Å². The zero-order valence-electron chi connectivity index (χ0n) is 13.9. The van der Waals surface area contributed by atoms with Gasteiger partial charge >= 0.3 is 0 Å². The number of nitrogens with zero attached hydrogens (tertiary/aromatic N) is 2. The van der Waals surface area contributed by atoms with E-state index in [0.29, 0.717) is 12.4 Å². The van der Waals surface area contributed by atoms with Gasteiger partial charge in [-0.2, -0.15) is 0 Å². The van der Waals surface area contributed by atoms with Gasteiger partial charge in [0.05, 0.1) is 19.9 Å². The molecule has 3 rings (SSSR count). The third kappa shape index (κ3) is 3.50. The van der Waals surface area contributed by atoms with E-state index in [1.165, 1.54) is 12.7 Å². The maximum atomic E-state index is 6.22. The summed E-state index contributed by atoms with van der Waals surface area (Å²) in [6, 6.07) is 11.9. The molecule has 0 atom stereocenters. The second-order valence-corrected chi connectivity index (χ2v) is 5.48. The molecule has 0 unspecified atom stereocenters. The van der Waals surface area contributed by atoms with Gasteiger partial charge in [0.25, 0.3) is 0 Å². The third-order valence-electron chi connectivity index (χ3n) is 3.96. The van der Waals surface area contributed by atoms with Gasteiger partial charge in [-0.25, -0.2) is 14.8 Å². The summed E-state index contributed by atoms with van der Waals surface area (Å²) in [5.41, 5.74) is 10.1. The number of hydrogen-bond donors (Lipinski definition) is 1. The maximum Gasteiger partial charge on any atom is 0.139 e. The lowest BCUT2D eigenvalue weighted by Crippen LogP contribution is -1.99. The Kier molecular flexibility index (Phi) is 4.98. The lowest BCUT2D eigenvalue weighted by Gasteiger charge is -2.03. The van der Waals surface area contributed by atoms with Crippen LogP contribution in [-0.4, -0.2) is 23.6 Å². The lowest BCUT2D eigenvalue weighted by molar-refractivity contribution is -0.282. The molecule has 0 fully saturated rings. The van der Waals surface area contributed by atoms with Crippen LogP contribution in [0.1, 0.15) is 16.8 Å². The van der Waals surface area contributed by atoms with Crippen LogP contribution in [0.2, 0.25) is 0 Å². The molecule has 0 saturated heterocycles. The number of hydrogen-bond acceptors (Lipinski definition) is 5. The summed E-state index contributed by atoms with van der Waals surface area (Å²) >= 11 is 0. The number of imidazole rings is 1. The van der Waals surface area contributed by atoms with Crippen molar-refractivity contribution < 1.29 is 14.5 Å². The summed E-state index contributed by atoms with van der Waals surface area (Å²) < 4.78 is 7.06. The molecule has 0 saturated carbocycles. The van der Waals surface area contributed by atoms with Gasteiger partial charge in [-0.1, -0.05) is 12.1 Å². The number of aromatic nitrogens is 2. The van der Waals surface area contributed by atoms with Gasteiger partial charge in [0, 0.05) is 6.20 Å². The topological polar surface area (TPSA) is 71.0 Å². The predicted octanol–water partition coefficient (Wildman–Crippen LogP) is 2.79. The monoisotopic (exact) mass is 327 g/mol. The van der Waals surface area contributed by atoms with E-state index in [9.17, 15) is 0 Å². The van der Waals surface area contributed by atoms with Gasteiger partial charge in [0.15, 0.2) is 0 Å². The molecule has 1 aromatic carbocycles. The van der Waals surface area contributed by atoms with Crippen LogP contribution in [0, 0.1) is 0 Å². The average Bonchev–Trinajstić information content (AvgIpc) is 2.94. The highest BCUT2D eigenvalue weighted by atomic mass is 17.2. The van der Waals surface area contributed by atoms with Crippen LogP contribution >= 0.6 is 0 Å². The zero-order valence-corrected chi connectivity index (χ0v) is 13.9. The van der Waals surface area contributed by atoms with Crippen LogP contribution in [0.25, 0.3) is 5.65 Å². The highest BCUT2D eigenvalue weighted by Crippen LogP contribution is 2.19. The Morgan fingerprint density at radius 3 is 2.54 bits per heavy atom. The van der Waals surface area contributed by atoms with Crippen molar-refractivity contribution in [3.8, 4) is 5.75 Å². The van der Waals surface area contributed by atoms with Gasteiger partial charge in [0.2, 0.25) is 0 Å². The molecular weight excluding hydrogens is 306 g/mol. The maximum absolute atomic E-state index is 6.22. The molecule has 24 heavy (non-hydrogen) atoms. The highest BCUT2D eigenvalue weighted by molar-refractivity contribution is 5.54. The summed E-state index contributed by atoms with van der Waals surface area (Å²) in [4.78, 5) is 14.2. The number of nitrogen functional groups attached to an aromatic ring is 1. The Morgan fingerprint density at radius 2 is 1.83 bits per heavy atom. The number of anilines is 1. The normalized spacial score (nSPS) is 11.1. The molecule has 0 bridgehead atoms. The largest absolute Gasteiger partial charge is 0.497 e. The molecule has 0 aliphatic carbocycles. The first-order chi connectivity index (χ1) is 11.7. The second kappa shape index (κ2) is 7.33. The summed E-state index contributed by atoms with van der Waals surface area (Å²) in [5, 5.41) is 0. The molecule has 6 nitrogen and oxygen atoms in total. The summed E-state index contributed by atoms with van der Waals surface area (Å²) in [6.45, 7) is 0.376. The van der Waals surface area contributed by atoms with Gasteiger partial charge in [-0.3, -0.25) is 4.40 Å². The van der Waals surface area contributed by atoms with Crippen LogP contribution < -0.4 is 10.5 Å². The molecule has 0 spiro atoms. The SMILES string of the molecule is COOCc1ccn2c(N)c(CCc3ccc(OC)cc3)nc2c1. The number of methoxy groups -OCH3 is 1. The average molecular weight is 327 g/mol.